The third-order valence-corrected chi connectivity index (χ3v) is 9.02. The molecular formula is C28H34O3. The van der Waals surface area contributed by atoms with Crippen LogP contribution in [0.5, 0.6) is 5.75 Å². The maximum absolute atomic E-state index is 12.2. The highest BCUT2D eigenvalue weighted by molar-refractivity contribution is 5.84. The summed E-state index contributed by atoms with van der Waals surface area (Å²) in [5, 5.41) is 21.8. The van der Waals surface area contributed by atoms with E-state index in [9.17, 15) is 15.0 Å². The molecule has 164 valence electrons. The summed E-state index contributed by atoms with van der Waals surface area (Å²) in [6.07, 6.45) is 13.2. The summed E-state index contributed by atoms with van der Waals surface area (Å²) in [4.78, 5) is 12.2. The van der Waals surface area contributed by atoms with Crippen LogP contribution in [0, 0.1) is 17.3 Å². The monoisotopic (exact) mass is 418 g/mol. The molecule has 31 heavy (non-hydrogen) atoms. The Morgan fingerprint density at radius 3 is 2.71 bits per heavy atom. The van der Waals surface area contributed by atoms with Crippen LogP contribution in [0.2, 0.25) is 0 Å². The minimum atomic E-state index is -0.679. The van der Waals surface area contributed by atoms with Crippen LogP contribution in [0.1, 0.15) is 76.7 Å². The molecule has 1 aromatic carbocycles. The van der Waals surface area contributed by atoms with Gasteiger partial charge in [-0.3, -0.25) is 4.79 Å². The second kappa shape index (κ2) is 7.48. The molecule has 0 aromatic heterocycles. The lowest BCUT2D eigenvalue weighted by atomic mass is 9.51. The molecule has 0 aliphatic heterocycles. The second-order valence-electron chi connectivity index (χ2n) is 10.4. The summed E-state index contributed by atoms with van der Waals surface area (Å²) in [6, 6.07) is 7.68. The van der Waals surface area contributed by atoms with Gasteiger partial charge in [-0.15, -0.1) is 0 Å². The largest absolute Gasteiger partial charge is 0.508 e. The molecule has 4 aliphatic rings. The molecule has 0 amide bonds. The number of ketones is 1. The third kappa shape index (κ3) is 3.16. The summed E-state index contributed by atoms with van der Waals surface area (Å²) in [7, 11) is 0. The van der Waals surface area contributed by atoms with E-state index in [1.807, 2.05) is 6.92 Å². The highest BCUT2D eigenvalue weighted by Gasteiger charge is 2.62. The van der Waals surface area contributed by atoms with Gasteiger partial charge in [-0.2, -0.15) is 0 Å². The summed E-state index contributed by atoms with van der Waals surface area (Å²) in [5.74, 6) is 1.78. The average Bonchev–Trinajstić information content (AvgIpc) is 3.02. The zero-order valence-electron chi connectivity index (χ0n) is 18.7. The lowest BCUT2D eigenvalue weighted by Gasteiger charge is -2.54. The van der Waals surface area contributed by atoms with E-state index in [4.69, 9.17) is 0 Å². The fourth-order valence-electron chi connectivity index (χ4n) is 7.34. The maximum atomic E-state index is 12.2. The van der Waals surface area contributed by atoms with Gasteiger partial charge in [0.25, 0.3) is 0 Å². The van der Waals surface area contributed by atoms with E-state index in [1.54, 1.807) is 12.1 Å². The Balaban J connectivity index is 1.64. The fraction of sp³-hybridized carbons (Fsp3) is 0.536. The Labute approximate surface area is 185 Å². The van der Waals surface area contributed by atoms with Crippen molar-refractivity contribution in [1.29, 1.82) is 0 Å². The lowest BCUT2D eigenvalue weighted by molar-refractivity contribution is -0.118. The normalized spacial score (nSPS) is 37.5. The van der Waals surface area contributed by atoms with Gasteiger partial charge in [-0.05, 0) is 86.1 Å². The minimum Gasteiger partial charge on any atom is -0.508 e. The first kappa shape index (κ1) is 20.8. The number of rotatable bonds is 3. The molecule has 2 N–H and O–H groups in total. The van der Waals surface area contributed by atoms with Crippen LogP contribution in [-0.2, 0) is 4.79 Å². The van der Waals surface area contributed by atoms with Gasteiger partial charge in [0.15, 0.2) is 0 Å². The Bertz CT molecular complexity index is 982. The first-order valence-corrected chi connectivity index (χ1v) is 11.9. The highest BCUT2D eigenvalue weighted by Crippen LogP contribution is 2.67. The quantitative estimate of drug-likeness (QED) is 0.593. The summed E-state index contributed by atoms with van der Waals surface area (Å²) >= 11 is 0. The van der Waals surface area contributed by atoms with Crippen molar-refractivity contribution in [1.82, 2.24) is 0 Å². The number of hydrogen-bond donors (Lipinski definition) is 2. The van der Waals surface area contributed by atoms with Gasteiger partial charge in [-0.25, -0.2) is 0 Å². The van der Waals surface area contributed by atoms with Crippen molar-refractivity contribution >= 4 is 5.78 Å². The van der Waals surface area contributed by atoms with E-state index in [2.05, 4.69) is 37.3 Å². The number of allylic oxidation sites excluding steroid dienone is 5. The molecule has 0 heterocycles. The van der Waals surface area contributed by atoms with Crippen LogP contribution in [0.4, 0.5) is 0 Å². The first-order valence-electron chi connectivity index (χ1n) is 11.9. The van der Waals surface area contributed by atoms with E-state index in [-0.39, 0.29) is 17.1 Å². The van der Waals surface area contributed by atoms with Crippen LogP contribution in [0.3, 0.4) is 0 Å². The SMILES string of the molecule is CC=CC[C@]1(O)CC[C@H]2[C@@H]3CC=C4CC(=O)CCC4=C3[C@@H](c3ccc(O)cc3)C[C@@]21C. The zero-order chi connectivity index (χ0) is 21.8. The number of hydrogen-bond acceptors (Lipinski definition) is 3. The van der Waals surface area contributed by atoms with Crippen molar-refractivity contribution in [2.24, 2.45) is 17.3 Å². The van der Waals surface area contributed by atoms with Crippen molar-refractivity contribution < 1.29 is 15.0 Å². The number of aromatic hydroxyl groups is 1. The molecular weight excluding hydrogens is 384 g/mol. The molecule has 5 rings (SSSR count). The van der Waals surface area contributed by atoms with Gasteiger partial charge in [0, 0.05) is 24.2 Å². The van der Waals surface area contributed by atoms with Crippen molar-refractivity contribution in [2.75, 3.05) is 0 Å². The number of benzene rings is 1. The molecule has 5 atom stereocenters. The summed E-state index contributed by atoms with van der Waals surface area (Å²) < 4.78 is 0. The van der Waals surface area contributed by atoms with Crippen LogP contribution < -0.4 is 0 Å². The van der Waals surface area contributed by atoms with Crippen LogP contribution in [0.25, 0.3) is 0 Å². The van der Waals surface area contributed by atoms with E-state index >= 15 is 0 Å². The maximum Gasteiger partial charge on any atom is 0.137 e. The molecule has 3 nitrogen and oxygen atoms in total. The molecule has 0 radical (unpaired) electrons. The third-order valence-electron chi connectivity index (χ3n) is 9.02. The Kier molecular flexibility index (Phi) is 5.01. The number of Topliss-reactive ketones (excluding diaryl/α,β-unsaturated/α-hetero) is 1. The Hall–Kier alpha value is -2.13. The van der Waals surface area contributed by atoms with Gasteiger partial charge in [0.1, 0.15) is 11.5 Å². The number of phenols is 1. The van der Waals surface area contributed by atoms with E-state index < -0.39 is 5.60 Å². The van der Waals surface area contributed by atoms with Gasteiger partial charge in [-0.1, -0.05) is 42.9 Å². The highest BCUT2D eigenvalue weighted by atomic mass is 16.3. The Morgan fingerprint density at radius 1 is 1.19 bits per heavy atom. The van der Waals surface area contributed by atoms with E-state index in [1.165, 1.54) is 22.3 Å². The van der Waals surface area contributed by atoms with E-state index in [0.29, 0.717) is 36.9 Å². The molecule has 0 unspecified atom stereocenters. The fourth-order valence-corrected chi connectivity index (χ4v) is 7.34. The molecule has 0 bridgehead atoms. The predicted octanol–water partition coefficient (Wildman–Crippen LogP) is 5.99. The van der Waals surface area contributed by atoms with Crippen molar-refractivity contribution in [3.8, 4) is 5.75 Å². The van der Waals surface area contributed by atoms with Crippen LogP contribution in [-0.4, -0.2) is 21.6 Å². The molecule has 1 aromatic rings. The van der Waals surface area contributed by atoms with Crippen molar-refractivity contribution in [2.45, 2.75) is 76.7 Å². The van der Waals surface area contributed by atoms with Crippen molar-refractivity contribution in [3.63, 3.8) is 0 Å². The standard InChI is InChI=1S/C28H34O3/c1-3-4-14-28(31)15-13-25-23-11-7-19-16-21(30)10-12-22(19)26(23)24(17-27(25,28)2)18-5-8-20(29)9-6-18/h3-9,23-25,29,31H,10-17H2,1-2H3/t23-,24+,25-,27-,28-/m0/s1. The number of carbonyl (C=O) groups is 1. The minimum absolute atomic E-state index is 0.153. The molecule has 3 heteroatoms. The molecule has 3 saturated carbocycles. The summed E-state index contributed by atoms with van der Waals surface area (Å²) in [6.45, 7) is 4.35. The number of phenolic OH excluding ortho intramolecular Hbond substituents is 1. The molecule has 4 aliphatic carbocycles. The predicted molar refractivity (Wildman–Crippen MR) is 123 cm³/mol. The van der Waals surface area contributed by atoms with Crippen LogP contribution in [0.15, 0.2) is 59.2 Å². The lowest BCUT2D eigenvalue weighted by Crippen LogP contribution is -2.51. The number of carbonyl (C=O) groups excluding carboxylic acids is 1. The van der Waals surface area contributed by atoms with Gasteiger partial charge >= 0.3 is 0 Å². The molecule has 0 spiro atoms. The summed E-state index contributed by atoms with van der Waals surface area (Å²) in [5.41, 5.74) is 4.62. The van der Waals surface area contributed by atoms with Crippen molar-refractivity contribution in [3.05, 3.63) is 64.8 Å². The zero-order valence-corrected chi connectivity index (χ0v) is 18.7. The van der Waals surface area contributed by atoms with Gasteiger partial charge < -0.3 is 10.2 Å². The topological polar surface area (TPSA) is 57.5 Å². The van der Waals surface area contributed by atoms with Gasteiger partial charge in [0.05, 0.1) is 5.60 Å². The number of aliphatic hydroxyl groups is 1. The molecule has 0 saturated heterocycles. The smallest absolute Gasteiger partial charge is 0.137 e. The molecule has 3 fully saturated rings. The second-order valence-corrected chi connectivity index (χ2v) is 10.4. The van der Waals surface area contributed by atoms with Gasteiger partial charge in [0.2, 0.25) is 0 Å². The Morgan fingerprint density at radius 2 is 1.97 bits per heavy atom. The van der Waals surface area contributed by atoms with E-state index in [0.717, 1.165) is 32.1 Å². The average molecular weight is 419 g/mol. The first-order chi connectivity index (χ1) is 14.9. The number of fused-ring (bicyclic) bond motifs is 4. The van der Waals surface area contributed by atoms with Crippen LogP contribution >= 0.6 is 0 Å².